The molecule has 13 heavy (non-hydrogen) atoms. The van der Waals surface area contributed by atoms with Crippen molar-refractivity contribution in [2.24, 2.45) is 0 Å². The van der Waals surface area contributed by atoms with Crippen LogP contribution in [-0.2, 0) is 0 Å². The number of pyridine rings is 1. The van der Waals surface area contributed by atoms with Crippen LogP contribution >= 0.6 is 0 Å². The monoisotopic (exact) mass is 190 g/mol. The van der Waals surface area contributed by atoms with Gasteiger partial charge in [-0.2, -0.15) is 9.65 Å². The predicted molar refractivity (Wildman–Crippen MR) is 33.8 cm³/mol. The molecular formula is C7H2F4N2. The van der Waals surface area contributed by atoms with Gasteiger partial charge >= 0.3 is 0 Å². The highest BCUT2D eigenvalue weighted by Gasteiger charge is 2.18. The molecule has 0 aliphatic carbocycles. The van der Waals surface area contributed by atoms with Gasteiger partial charge in [0, 0.05) is 0 Å². The number of nitrogens with zero attached hydrogens (tertiary/aromatic N) is 2. The first-order valence-electron chi connectivity index (χ1n) is 3.10. The zero-order chi connectivity index (χ0) is 10.0. The third-order valence-corrected chi connectivity index (χ3v) is 1.28. The molecule has 0 atom stereocenters. The number of aromatic nitrogens is 1. The van der Waals surface area contributed by atoms with E-state index >= 15 is 0 Å². The molecule has 0 amide bonds. The van der Waals surface area contributed by atoms with Gasteiger partial charge in [-0.15, -0.1) is 0 Å². The molecule has 0 saturated carbocycles. The number of hydrogen-bond acceptors (Lipinski definition) is 2. The Bertz CT molecular complexity index is 369. The van der Waals surface area contributed by atoms with E-state index in [0.29, 0.717) is 6.07 Å². The molecule has 0 N–H and O–H groups in total. The van der Waals surface area contributed by atoms with Crippen molar-refractivity contribution in [1.82, 2.24) is 4.98 Å². The Morgan fingerprint density at radius 1 is 1.38 bits per heavy atom. The van der Waals surface area contributed by atoms with Crippen LogP contribution in [0.15, 0.2) is 6.07 Å². The van der Waals surface area contributed by atoms with Crippen LogP contribution in [0.1, 0.15) is 17.7 Å². The van der Waals surface area contributed by atoms with E-state index in [1.54, 1.807) is 0 Å². The fraction of sp³-hybridized carbons (Fsp3) is 0.143. The molecule has 0 saturated heterocycles. The van der Waals surface area contributed by atoms with Crippen LogP contribution in [0.4, 0.5) is 17.6 Å². The molecule has 1 rings (SSSR count). The van der Waals surface area contributed by atoms with Crippen LogP contribution in [0, 0.1) is 23.1 Å². The van der Waals surface area contributed by atoms with E-state index < -0.39 is 29.4 Å². The van der Waals surface area contributed by atoms with Gasteiger partial charge in [0.25, 0.3) is 6.43 Å². The Kier molecular flexibility index (Phi) is 2.46. The number of hydrogen-bond donors (Lipinski definition) is 0. The summed E-state index contributed by atoms with van der Waals surface area (Å²) in [5.74, 6) is -2.77. The largest absolute Gasteiger partial charge is 0.283 e. The highest BCUT2D eigenvalue weighted by molar-refractivity contribution is 5.29. The Hall–Kier alpha value is -1.64. The molecule has 0 unspecified atom stereocenters. The Morgan fingerprint density at radius 2 is 2.00 bits per heavy atom. The maximum Gasteiger partial charge on any atom is 0.283 e. The summed E-state index contributed by atoms with van der Waals surface area (Å²) in [5.41, 5.74) is -1.97. The summed E-state index contributed by atoms with van der Waals surface area (Å²) >= 11 is 0. The Labute approximate surface area is 70.4 Å². The molecule has 0 aliphatic rings. The standard InChI is InChI=1S/C7H2F4N2/c8-4-1-3(2-12)7(11)13-5(4)6(9)10/h1,6H. The second kappa shape index (κ2) is 3.39. The molecule has 1 heterocycles. The lowest BCUT2D eigenvalue weighted by Gasteiger charge is -2.00. The molecule has 0 aliphatic heterocycles. The summed E-state index contributed by atoms with van der Waals surface area (Å²) in [7, 11) is 0. The number of halogens is 4. The Balaban J connectivity index is 3.31. The van der Waals surface area contributed by atoms with Gasteiger partial charge in [0.2, 0.25) is 5.95 Å². The lowest BCUT2D eigenvalue weighted by Crippen LogP contribution is -2.00. The van der Waals surface area contributed by atoms with Crippen LogP contribution in [0.25, 0.3) is 0 Å². The van der Waals surface area contributed by atoms with Crippen molar-refractivity contribution >= 4 is 0 Å². The molecule has 68 valence electrons. The minimum atomic E-state index is -3.19. The van der Waals surface area contributed by atoms with Crippen molar-refractivity contribution in [3.05, 3.63) is 29.1 Å². The van der Waals surface area contributed by atoms with E-state index in [4.69, 9.17) is 5.26 Å². The van der Waals surface area contributed by atoms with E-state index in [2.05, 4.69) is 4.98 Å². The van der Waals surface area contributed by atoms with Gasteiger partial charge in [-0.05, 0) is 6.07 Å². The summed E-state index contributed by atoms with van der Waals surface area (Å²) in [6.07, 6.45) is -3.19. The second-order valence-electron chi connectivity index (χ2n) is 2.11. The minimum Gasteiger partial charge on any atom is -0.214 e. The van der Waals surface area contributed by atoms with Crippen LogP contribution in [0.2, 0.25) is 0 Å². The predicted octanol–water partition coefficient (Wildman–Crippen LogP) is 2.17. The molecule has 2 nitrogen and oxygen atoms in total. The molecule has 0 radical (unpaired) electrons. The van der Waals surface area contributed by atoms with Gasteiger partial charge in [-0.3, -0.25) is 0 Å². The first-order valence-corrected chi connectivity index (χ1v) is 3.10. The molecule has 1 aromatic heterocycles. The molecule has 0 fully saturated rings. The number of rotatable bonds is 1. The fourth-order valence-electron chi connectivity index (χ4n) is 0.711. The van der Waals surface area contributed by atoms with Crippen LogP contribution in [0.3, 0.4) is 0 Å². The summed E-state index contributed by atoms with van der Waals surface area (Å²) in [6.45, 7) is 0. The molecular weight excluding hydrogens is 188 g/mol. The fourth-order valence-corrected chi connectivity index (χ4v) is 0.711. The summed E-state index contributed by atoms with van der Waals surface area (Å²) < 4.78 is 48.9. The molecule has 0 spiro atoms. The maximum absolute atomic E-state index is 12.6. The van der Waals surface area contributed by atoms with E-state index in [0.717, 1.165) is 0 Å². The van der Waals surface area contributed by atoms with Gasteiger partial charge < -0.3 is 0 Å². The number of alkyl halides is 2. The highest BCUT2D eigenvalue weighted by Crippen LogP contribution is 2.21. The van der Waals surface area contributed by atoms with Gasteiger partial charge in [-0.1, -0.05) is 0 Å². The van der Waals surface area contributed by atoms with E-state index in [-0.39, 0.29) is 0 Å². The molecule has 1 aromatic rings. The number of nitriles is 1. The lowest BCUT2D eigenvalue weighted by atomic mass is 10.2. The van der Waals surface area contributed by atoms with Crippen LogP contribution in [-0.4, -0.2) is 4.98 Å². The van der Waals surface area contributed by atoms with Gasteiger partial charge in [0.15, 0.2) is 5.82 Å². The van der Waals surface area contributed by atoms with E-state index in [1.165, 1.54) is 6.07 Å². The molecule has 0 aromatic carbocycles. The lowest BCUT2D eigenvalue weighted by molar-refractivity contribution is 0.139. The smallest absolute Gasteiger partial charge is 0.214 e. The summed E-state index contributed by atoms with van der Waals surface area (Å²) in [4.78, 5) is 2.63. The topological polar surface area (TPSA) is 36.7 Å². The van der Waals surface area contributed by atoms with Crippen molar-refractivity contribution in [3.8, 4) is 6.07 Å². The normalized spacial score (nSPS) is 10.2. The van der Waals surface area contributed by atoms with Crippen LogP contribution < -0.4 is 0 Å². The average Bonchev–Trinajstić information content (AvgIpc) is 2.07. The van der Waals surface area contributed by atoms with E-state index in [1.807, 2.05) is 0 Å². The average molecular weight is 190 g/mol. The van der Waals surface area contributed by atoms with Crippen molar-refractivity contribution in [1.29, 1.82) is 5.26 Å². The Morgan fingerprint density at radius 3 is 2.46 bits per heavy atom. The third-order valence-electron chi connectivity index (χ3n) is 1.28. The zero-order valence-electron chi connectivity index (χ0n) is 6.06. The first-order chi connectivity index (χ1) is 6.06. The van der Waals surface area contributed by atoms with Crippen molar-refractivity contribution in [2.45, 2.75) is 6.43 Å². The summed E-state index contributed by atoms with van der Waals surface area (Å²) in [5, 5.41) is 8.19. The second-order valence-corrected chi connectivity index (χ2v) is 2.11. The molecule has 6 heteroatoms. The van der Waals surface area contributed by atoms with Crippen molar-refractivity contribution < 1.29 is 17.6 Å². The van der Waals surface area contributed by atoms with E-state index in [9.17, 15) is 17.6 Å². The van der Waals surface area contributed by atoms with Crippen LogP contribution in [0.5, 0.6) is 0 Å². The highest BCUT2D eigenvalue weighted by atomic mass is 19.3. The maximum atomic E-state index is 12.6. The SMILES string of the molecule is N#Cc1cc(F)c(C(F)F)nc1F. The van der Waals surface area contributed by atoms with Gasteiger partial charge in [0.1, 0.15) is 17.3 Å². The first kappa shape index (κ1) is 9.45. The zero-order valence-corrected chi connectivity index (χ0v) is 6.06. The van der Waals surface area contributed by atoms with Crippen molar-refractivity contribution in [3.63, 3.8) is 0 Å². The van der Waals surface area contributed by atoms with Gasteiger partial charge in [0.05, 0.1) is 0 Å². The quantitative estimate of drug-likeness (QED) is 0.502. The third kappa shape index (κ3) is 1.75. The molecule has 0 bridgehead atoms. The minimum absolute atomic E-state index is 0.393. The summed E-state index contributed by atoms with van der Waals surface area (Å²) in [6, 6.07) is 1.67. The van der Waals surface area contributed by atoms with Gasteiger partial charge in [-0.25, -0.2) is 18.2 Å². The van der Waals surface area contributed by atoms with Crippen molar-refractivity contribution in [2.75, 3.05) is 0 Å².